The van der Waals surface area contributed by atoms with Crippen molar-refractivity contribution in [1.82, 2.24) is 0 Å². The molecule has 0 bridgehead atoms. The van der Waals surface area contributed by atoms with Crippen LogP contribution >= 0.6 is 0 Å². The molecule has 0 amide bonds. The van der Waals surface area contributed by atoms with E-state index in [0.717, 1.165) is 5.92 Å². The third-order valence-electron chi connectivity index (χ3n) is 6.43. The molecule has 1 unspecified atom stereocenters. The van der Waals surface area contributed by atoms with Crippen molar-refractivity contribution >= 4 is 0 Å². The van der Waals surface area contributed by atoms with Gasteiger partial charge >= 0.3 is 0 Å². The van der Waals surface area contributed by atoms with E-state index in [1.54, 1.807) is 0 Å². The molecule has 0 nitrogen and oxygen atoms in total. The third-order valence-corrected chi connectivity index (χ3v) is 6.43. The maximum absolute atomic E-state index is 4.40. The number of unbranched alkanes of at least 4 members (excludes halogenated alkanes) is 20. The molecule has 0 saturated carbocycles. The Hall–Kier alpha value is 0. The van der Waals surface area contributed by atoms with Gasteiger partial charge < -0.3 is 0 Å². The first kappa shape index (κ1) is 28.0. The molecule has 0 heterocycles. The van der Waals surface area contributed by atoms with Crippen molar-refractivity contribution in [2.45, 2.75) is 168 Å². The molecule has 0 fully saturated rings. The summed E-state index contributed by atoms with van der Waals surface area (Å²) in [5.41, 5.74) is 0. The standard InChI is InChI=1S/C28H57/c1-4-6-8-10-12-14-16-17-19-21-23-25-27-28(3)26-24-22-20-18-15-13-11-9-7-5-2/h28H,3-27H2,1-2H3. The van der Waals surface area contributed by atoms with Gasteiger partial charge in [-0.1, -0.05) is 175 Å². The first-order chi connectivity index (χ1) is 13.8. The fraction of sp³-hybridized carbons (Fsp3) is 0.964. The molecule has 1 atom stereocenters. The average Bonchev–Trinajstić information content (AvgIpc) is 2.70. The zero-order valence-electron chi connectivity index (χ0n) is 20.3. The van der Waals surface area contributed by atoms with Crippen LogP contribution in [0, 0.1) is 12.8 Å². The highest BCUT2D eigenvalue weighted by Gasteiger charge is 2.02. The Morgan fingerprint density at radius 2 is 0.571 bits per heavy atom. The van der Waals surface area contributed by atoms with E-state index in [2.05, 4.69) is 20.8 Å². The number of hydrogen-bond donors (Lipinski definition) is 0. The van der Waals surface area contributed by atoms with E-state index < -0.39 is 0 Å². The van der Waals surface area contributed by atoms with Gasteiger partial charge in [-0.05, 0) is 5.92 Å². The summed E-state index contributed by atoms with van der Waals surface area (Å²) in [6.07, 6.45) is 34.6. The maximum Gasteiger partial charge on any atom is -0.0414 e. The molecule has 0 aromatic rings. The highest BCUT2D eigenvalue weighted by atomic mass is 14.1. The lowest BCUT2D eigenvalue weighted by Gasteiger charge is -2.11. The minimum atomic E-state index is 0.720. The Kier molecular flexibility index (Phi) is 25.0. The summed E-state index contributed by atoms with van der Waals surface area (Å²) >= 11 is 0. The Labute approximate surface area is 181 Å². The average molecular weight is 394 g/mol. The predicted octanol–water partition coefficient (Wildman–Crippen LogP) is 10.8. The molecule has 0 aliphatic heterocycles. The van der Waals surface area contributed by atoms with Crippen molar-refractivity contribution in [1.29, 1.82) is 0 Å². The SMILES string of the molecule is [CH2]C(CCCCCCCCCCCC)CCCCCCCCCCCCCC. The van der Waals surface area contributed by atoms with E-state index in [4.69, 9.17) is 0 Å². The molecule has 0 saturated heterocycles. The Morgan fingerprint density at radius 3 is 0.821 bits per heavy atom. The lowest BCUT2D eigenvalue weighted by Crippen LogP contribution is -1.95. The van der Waals surface area contributed by atoms with Crippen molar-refractivity contribution in [2.24, 2.45) is 5.92 Å². The summed E-state index contributed by atoms with van der Waals surface area (Å²) in [4.78, 5) is 0. The molecule has 0 heteroatoms. The van der Waals surface area contributed by atoms with Crippen LogP contribution in [0.5, 0.6) is 0 Å². The summed E-state index contributed by atoms with van der Waals surface area (Å²) in [5.74, 6) is 0.720. The topological polar surface area (TPSA) is 0 Å². The van der Waals surface area contributed by atoms with Crippen molar-refractivity contribution in [2.75, 3.05) is 0 Å². The van der Waals surface area contributed by atoms with Crippen molar-refractivity contribution < 1.29 is 0 Å². The molecule has 0 spiro atoms. The lowest BCUT2D eigenvalue weighted by molar-refractivity contribution is 0.459. The zero-order valence-corrected chi connectivity index (χ0v) is 20.3. The Morgan fingerprint density at radius 1 is 0.357 bits per heavy atom. The van der Waals surface area contributed by atoms with Gasteiger partial charge in [0.1, 0.15) is 0 Å². The molecule has 0 aliphatic rings. The van der Waals surface area contributed by atoms with Gasteiger partial charge in [-0.15, -0.1) is 0 Å². The smallest absolute Gasteiger partial charge is 0.0414 e. The summed E-state index contributed by atoms with van der Waals surface area (Å²) in [5, 5.41) is 0. The Balaban J connectivity index is 3.12. The zero-order chi connectivity index (χ0) is 20.5. The van der Waals surface area contributed by atoms with Gasteiger partial charge in [0.05, 0.1) is 0 Å². The van der Waals surface area contributed by atoms with Crippen LogP contribution in [-0.4, -0.2) is 0 Å². The van der Waals surface area contributed by atoms with Gasteiger partial charge in [0.2, 0.25) is 0 Å². The molecule has 0 N–H and O–H groups in total. The Bertz CT molecular complexity index is 257. The molecule has 169 valence electrons. The van der Waals surface area contributed by atoms with Crippen LogP contribution in [-0.2, 0) is 0 Å². The molecule has 28 heavy (non-hydrogen) atoms. The van der Waals surface area contributed by atoms with E-state index in [1.807, 2.05) is 0 Å². The van der Waals surface area contributed by atoms with E-state index in [9.17, 15) is 0 Å². The molecule has 0 rings (SSSR count). The fourth-order valence-corrected chi connectivity index (χ4v) is 4.34. The van der Waals surface area contributed by atoms with Gasteiger partial charge in [0.15, 0.2) is 0 Å². The van der Waals surface area contributed by atoms with E-state index in [-0.39, 0.29) is 0 Å². The normalized spacial score (nSPS) is 12.5. The summed E-state index contributed by atoms with van der Waals surface area (Å²) < 4.78 is 0. The monoisotopic (exact) mass is 393 g/mol. The van der Waals surface area contributed by atoms with E-state index in [0.29, 0.717) is 0 Å². The quantitative estimate of drug-likeness (QED) is 0.143. The second kappa shape index (κ2) is 25.0. The van der Waals surface area contributed by atoms with Crippen LogP contribution in [0.25, 0.3) is 0 Å². The number of rotatable bonds is 24. The van der Waals surface area contributed by atoms with Gasteiger partial charge in [-0.25, -0.2) is 0 Å². The summed E-state index contributed by atoms with van der Waals surface area (Å²) in [6, 6.07) is 0. The number of hydrogen-bond acceptors (Lipinski definition) is 0. The van der Waals surface area contributed by atoms with Gasteiger partial charge in [0, 0.05) is 0 Å². The molecular formula is C28H57. The van der Waals surface area contributed by atoms with Crippen LogP contribution < -0.4 is 0 Å². The van der Waals surface area contributed by atoms with E-state index >= 15 is 0 Å². The van der Waals surface area contributed by atoms with Crippen molar-refractivity contribution in [3.05, 3.63) is 6.92 Å². The molecular weight excluding hydrogens is 336 g/mol. The van der Waals surface area contributed by atoms with Crippen molar-refractivity contribution in [3.63, 3.8) is 0 Å². The largest absolute Gasteiger partial charge is 0.0654 e. The molecule has 1 radical (unpaired) electrons. The van der Waals surface area contributed by atoms with Crippen LogP contribution in [0.15, 0.2) is 0 Å². The molecule has 0 aliphatic carbocycles. The van der Waals surface area contributed by atoms with E-state index in [1.165, 1.54) is 154 Å². The minimum Gasteiger partial charge on any atom is -0.0654 e. The van der Waals surface area contributed by atoms with Crippen LogP contribution in [0.1, 0.15) is 168 Å². The second-order valence-corrected chi connectivity index (χ2v) is 9.51. The predicted molar refractivity (Wildman–Crippen MR) is 131 cm³/mol. The summed E-state index contributed by atoms with van der Waals surface area (Å²) in [7, 11) is 0. The van der Waals surface area contributed by atoms with Gasteiger partial charge in [0.25, 0.3) is 0 Å². The molecule has 0 aromatic heterocycles. The maximum atomic E-state index is 4.40. The minimum absolute atomic E-state index is 0.720. The first-order valence-corrected chi connectivity index (χ1v) is 13.6. The van der Waals surface area contributed by atoms with Crippen LogP contribution in [0.4, 0.5) is 0 Å². The van der Waals surface area contributed by atoms with Crippen LogP contribution in [0.2, 0.25) is 0 Å². The van der Waals surface area contributed by atoms with Crippen molar-refractivity contribution in [3.8, 4) is 0 Å². The summed E-state index contributed by atoms with van der Waals surface area (Å²) in [6.45, 7) is 9.00. The highest BCUT2D eigenvalue weighted by Crippen LogP contribution is 2.19. The third kappa shape index (κ3) is 24.0. The van der Waals surface area contributed by atoms with Gasteiger partial charge in [-0.3, -0.25) is 0 Å². The highest BCUT2D eigenvalue weighted by molar-refractivity contribution is 4.62. The van der Waals surface area contributed by atoms with Gasteiger partial charge in [-0.2, -0.15) is 0 Å². The molecule has 0 aromatic carbocycles. The fourth-order valence-electron chi connectivity index (χ4n) is 4.34. The first-order valence-electron chi connectivity index (χ1n) is 13.6. The second-order valence-electron chi connectivity index (χ2n) is 9.51. The lowest BCUT2D eigenvalue weighted by atomic mass is 9.95. The van der Waals surface area contributed by atoms with Crippen LogP contribution in [0.3, 0.4) is 0 Å².